The summed E-state index contributed by atoms with van der Waals surface area (Å²) in [6.45, 7) is 4.21. The van der Waals surface area contributed by atoms with Crippen molar-refractivity contribution in [1.82, 2.24) is 0 Å². The van der Waals surface area contributed by atoms with Crippen molar-refractivity contribution in [3.05, 3.63) is 5.92 Å². The topological polar surface area (TPSA) is 43.1 Å². The Labute approximate surface area is 87.2 Å². The minimum Gasteiger partial charge on any atom is -0.369 e. The number of hydrogen-bond donors (Lipinski definition) is 1. The lowest BCUT2D eigenvalue weighted by Gasteiger charge is -2.38. The zero-order valence-electron chi connectivity index (χ0n) is 9.44. The van der Waals surface area contributed by atoms with Crippen LogP contribution >= 0.6 is 0 Å². The molecule has 0 aromatic heterocycles. The molecule has 1 aliphatic rings. The molecule has 0 bridgehead atoms. The van der Waals surface area contributed by atoms with Crippen molar-refractivity contribution in [2.45, 2.75) is 58.8 Å². The molecule has 81 valence electrons. The third kappa shape index (κ3) is 2.28. The second-order valence-electron chi connectivity index (χ2n) is 4.61. The SMILES string of the molecule is CCCC[C]1CCCCC1(C)C(N)=O. The van der Waals surface area contributed by atoms with E-state index in [9.17, 15) is 4.79 Å². The van der Waals surface area contributed by atoms with Gasteiger partial charge in [-0.05, 0) is 25.2 Å². The molecule has 1 aliphatic carbocycles. The fourth-order valence-electron chi connectivity index (χ4n) is 2.36. The Kier molecular flexibility index (Phi) is 3.97. The highest BCUT2D eigenvalue weighted by atomic mass is 16.1. The van der Waals surface area contributed by atoms with Crippen LogP contribution in [-0.2, 0) is 4.79 Å². The maximum absolute atomic E-state index is 11.5. The zero-order valence-corrected chi connectivity index (χ0v) is 9.44. The zero-order chi connectivity index (χ0) is 10.6. The van der Waals surface area contributed by atoms with Crippen LogP contribution in [0.5, 0.6) is 0 Å². The van der Waals surface area contributed by atoms with Crippen molar-refractivity contribution in [2.24, 2.45) is 11.1 Å². The van der Waals surface area contributed by atoms with E-state index in [0.717, 1.165) is 25.7 Å². The first kappa shape index (κ1) is 11.5. The van der Waals surface area contributed by atoms with Crippen molar-refractivity contribution in [1.29, 1.82) is 0 Å². The Balaban J connectivity index is 2.63. The van der Waals surface area contributed by atoms with Gasteiger partial charge in [0.1, 0.15) is 0 Å². The average molecular weight is 196 g/mol. The molecule has 1 rings (SSSR count). The number of carbonyl (C=O) groups excluding carboxylic acids is 1. The molecule has 0 heterocycles. The fourth-order valence-corrected chi connectivity index (χ4v) is 2.36. The van der Waals surface area contributed by atoms with Crippen LogP contribution < -0.4 is 5.73 Å². The summed E-state index contributed by atoms with van der Waals surface area (Å²) in [5.41, 5.74) is 5.21. The molecular weight excluding hydrogens is 174 g/mol. The molecule has 1 atom stereocenters. The number of amides is 1. The minimum absolute atomic E-state index is 0.122. The highest BCUT2D eigenvalue weighted by Gasteiger charge is 2.41. The molecule has 14 heavy (non-hydrogen) atoms. The van der Waals surface area contributed by atoms with Crippen molar-refractivity contribution in [3.63, 3.8) is 0 Å². The molecule has 1 fully saturated rings. The minimum atomic E-state index is -0.298. The number of rotatable bonds is 4. The van der Waals surface area contributed by atoms with Crippen LogP contribution in [0.1, 0.15) is 58.8 Å². The lowest BCUT2D eigenvalue weighted by Crippen LogP contribution is -2.41. The van der Waals surface area contributed by atoms with Crippen LogP contribution in [0, 0.1) is 11.3 Å². The first-order valence-corrected chi connectivity index (χ1v) is 5.76. The molecule has 0 spiro atoms. The molecule has 2 nitrogen and oxygen atoms in total. The largest absolute Gasteiger partial charge is 0.369 e. The molecule has 2 heteroatoms. The summed E-state index contributed by atoms with van der Waals surface area (Å²) in [6, 6.07) is 0. The second-order valence-corrected chi connectivity index (χ2v) is 4.61. The van der Waals surface area contributed by atoms with E-state index >= 15 is 0 Å². The highest BCUT2D eigenvalue weighted by molar-refractivity contribution is 5.83. The molecule has 1 saturated carbocycles. The third-order valence-electron chi connectivity index (χ3n) is 3.56. The highest BCUT2D eigenvalue weighted by Crippen LogP contribution is 2.44. The number of unbranched alkanes of at least 4 members (excludes halogenated alkanes) is 1. The molecule has 0 aromatic carbocycles. The standard InChI is InChI=1S/C12H22NO/c1-3-4-7-10-8-5-6-9-12(10,2)11(13)14/h3-9H2,1-2H3,(H2,13,14). The van der Waals surface area contributed by atoms with Crippen LogP contribution in [-0.4, -0.2) is 5.91 Å². The quantitative estimate of drug-likeness (QED) is 0.738. The average Bonchev–Trinajstić information content (AvgIpc) is 2.16. The van der Waals surface area contributed by atoms with E-state index in [0.29, 0.717) is 0 Å². The summed E-state index contributed by atoms with van der Waals surface area (Å²) in [6.07, 6.45) is 7.93. The van der Waals surface area contributed by atoms with Crippen molar-refractivity contribution in [2.75, 3.05) is 0 Å². The van der Waals surface area contributed by atoms with Gasteiger partial charge in [0.15, 0.2) is 0 Å². The van der Waals surface area contributed by atoms with Crippen molar-refractivity contribution >= 4 is 5.91 Å². The van der Waals surface area contributed by atoms with E-state index < -0.39 is 0 Å². The van der Waals surface area contributed by atoms with Gasteiger partial charge in [0, 0.05) is 0 Å². The number of primary amides is 1. The van der Waals surface area contributed by atoms with Gasteiger partial charge in [-0.1, -0.05) is 39.5 Å². The molecule has 1 unspecified atom stereocenters. The monoisotopic (exact) mass is 196 g/mol. The lowest BCUT2D eigenvalue weighted by atomic mass is 9.65. The van der Waals surface area contributed by atoms with E-state index in [2.05, 4.69) is 6.92 Å². The van der Waals surface area contributed by atoms with Gasteiger partial charge in [-0.15, -0.1) is 0 Å². The Bertz CT molecular complexity index is 202. The Morgan fingerprint density at radius 1 is 1.50 bits per heavy atom. The van der Waals surface area contributed by atoms with E-state index in [1.165, 1.54) is 25.2 Å². The Morgan fingerprint density at radius 2 is 2.21 bits per heavy atom. The molecular formula is C12H22NO. The van der Waals surface area contributed by atoms with Crippen LogP contribution in [0.3, 0.4) is 0 Å². The van der Waals surface area contributed by atoms with E-state index in [1.54, 1.807) is 0 Å². The van der Waals surface area contributed by atoms with Gasteiger partial charge >= 0.3 is 0 Å². The van der Waals surface area contributed by atoms with Gasteiger partial charge in [0.25, 0.3) is 0 Å². The molecule has 1 amide bonds. The van der Waals surface area contributed by atoms with Gasteiger partial charge in [-0.25, -0.2) is 0 Å². The van der Waals surface area contributed by atoms with E-state index in [1.807, 2.05) is 6.92 Å². The Hall–Kier alpha value is -0.530. The molecule has 1 radical (unpaired) electrons. The predicted octanol–water partition coefficient (Wildman–Crippen LogP) is 2.82. The van der Waals surface area contributed by atoms with Crippen molar-refractivity contribution in [3.8, 4) is 0 Å². The number of hydrogen-bond acceptors (Lipinski definition) is 1. The maximum atomic E-state index is 11.5. The summed E-state index contributed by atoms with van der Waals surface area (Å²) < 4.78 is 0. The van der Waals surface area contributed by atoms with Crippen LogP contribution in [0.15, 0.2) is 0 Å². The first-order valence-electron chi connectivity index (χ1n) is 5.76. The second kappa shape index (κ2) is 4.81. The lowest BCUT2D eigenvalue weighted by molar-refractivity contribution is -0.127. The van der Waals surface area contributed by atoms with Gasteiger partial charge in [0.05, 0.1) is 5.41 Å². The van der Waals surface area contributed by atoms with Gasteiger partial charge in [-0.2, -0.15) is 0 Å². The van der Waals surface area contributed by atoms with Crippen LogP contribution in [0.25, 0.3) is 0 Å². The molecule has 2 N–H and O–H groups in total. The summed E-state index contributed by atoms with van der Waals surface area (Å²) in [7, 11) is 0. The Morgan fingerprint density at radius 3 is 2.79 bits per heavy atom. The summed E-state index contributed by atoms with van der Waals surface area (Å²) in [5, 5.41) is 0. The predicted molar refractivity (Wildman–Crippen MR) is 58.5 cm³/mol. The first-order chi connectivity index (χ1) is 6.61. The molecule has 0 saturated heterocycles. The normalized spacial score (nSPS) is 29.0. The number of nitrogens with two attached hydrogens (primary N) is 1. The van der Waals surface area contributed by atoms with Crippen LogP contribution in [0.2, 0.25) is 0 Å². The third-order valence-corrected chi connectivity index (χ3v) is 3.56. The van der Waals surface area contributed by atoms with E-state index in [-0.39, 0.29) is 11.3 Å². The van der Waals surface area contributed by atoms with Gasteiger partial charge in [-0.3, -0.25) is 4.79 Å². The van der Waals surface area contributed by atoms with Gasteiger partial charge < -0.3 is 5.73 Å². The number of carbonyl (C=O) groups is 1. The summed E-state index contributed by atoms with van der Waals surface area (Å²) in [4.78, 5) is 11.5. The summed E-state index contributed by atoms with van der Waals surface area (Å²) >= 11 is 0. The maximum Gasteiger partial charge on any atom is 0.223 e. The van der Waals surface area contributed by atoms with Gasteiger partial charge in [0.2, 0.25) is 5.91 Å². The van der Waals surface area contributed by atoms with Crippen molar-refractivity contribution < 1.29 is 4.79 Å². The molecule has 0 aliphatic heterocycles. The fraction of sp³-hybridized carbons (Fsp3) is 0.833. The van der Waals surface area contributed by atoms with E-state index in [4.69, 9.17) is 5.73 Å². The smallest absolute Gasteiger partial charge is 0.223 e. The van der Waals surface area contributed by atoms with Crippen LogP contribution in [0.4, 0.5) is 0 Å². The summed E-state index contributed by atoms with van der Waals surface area (Å²) in [5.74, 6) is 1.28. The molecule has 0 aromatic rings.